The number of ether oxygens (including phenoxy) is 2. The van der Waals surface area contributed by atoms with Crippen LogP contribution in [-0.2, 0) is 16.0 Å². The highest BCUT2D eigenvalue weighted by Gasteiger charge is 2.04. The molecule has 0 saturated carbocycles. The van der Waals surface area contributed by atoms with Crippen LogP contribution in [0.2, 0.25) is 0 Å². The van der Waals surface area contributed by atoms with Gasteiger partial charge < -0.3 is 9.47 Å². The molecule has 2 rings (SSSR count). The van der Waals surface area contributed by atoms with Crippen LogP contribution in [0.3, 0.4) is 0 Å². The number of esters is 1. The number of carbonyl (C=O) groups excluding carboxylic acids is 1. The Morgan fingerprint density at radius 2 is 1.72 bits per heavy atom. The molecule has 0 amide bonds. The maximum Gasteiger partial charge on any atom is 0.309 e. The Kier molecular flexibility index (Phi) is 3.97. The minimum atomic E-state index is -0.258. The van der Waals surface area contributed by atoms with Crippen LogP contribution in [0.1, 0.15) is 5.56 Å². The Hall–Kier alpha value is -2.29. The van der Waals surface area contributed by atoms with Crippen molar-refractivity contribution in [3.63, 3.8) is 0 Å². The third-order valence-electron chi connectivity index (χ3n) is 2.45. The normalized spacial score (nSPS) is 9.83. The van der Waals surface area contributed by atoms with Crippen molar-refractivity contribution >= 4 is 5.97 Å². The zero-order valence-corrected chi connectivity index (χ0v) is 10.1. The Morgan fingerprint density at radius 1 is 1.00 bits per heavy atom. The predicted molar refractivity (Wildman–Crippen MR) is 68.7 cm³/mol. The summed E-state index contributed by atoms with van der Waals surface area (Å²) in [7, 11) is 1.38. The molecule has 0 aliphatic rings. The van der Waals surface area contributed by atoms with Gasteiger partial charge in [0.2, 0.25) is 0 Å². The fraction of sp³-hybridized carbons (Fsp3) is 0.133. The predicted octanol–water partition coefficient (Wildman–Crippen LogP) is 3.19. The third-order valence-corrected chi connectivity index (χ3v) is 2.45. The highest BCUT2D eigenvalue weighted by atomic mass is 16.5. The van der Waals surface area contributed by atoms with Crippen molar-refractivity contribution in [2.24, 2.45) is 0 Å². The van der Waals surface area contributed by atoms with E-state index >= 15 is 0 Å². The smallest absolute Gasteiger partial charge is 0.309 e. The number of benzene rings is 2. The van der Waals surface area contributed by atoms with Gasteiger partial charge in [-0.05, 0) is 29.8 Å². The molecular formula is C15H14O3. The van der Waals surface area contributed by atoms with Crippen LogP contribution in [0.4, 0.5) is 0 Å². The van der Waals surface area contributed by atoms with Crippen molar-refractivity contribution in [2.45, 2.75) is 6.42 Å². The van der Waals surface area contributed by atoms with Gasteiger partial charge >= 0.3 is 5.97 Å². The molecule has 0 heterocycles. The molecule has 92 valence electrons. The molecule has 3 nitrogen and oxygen atoms in total. The van der Waals surface area contributed by atoms with Gasteiger partial charge in [0, 0.05) is 0 Å². The van der Waals surface area contributed by atoms with Gasteiger partial charge in [-0.15, -0.1) is 0 Å². The molecule has 0 radical (unpaired) electrons. The summed E-state index contributed by atoms with van der Waals surface area (Å²) in [5.74, 6) is 1.22. The van der Waals surface area contributed by atoms with Gasteiger partial charge in [0.1, 0.15) is 11.5 Å². The molecule has 0 aliphatic heterocycles. The van der Waals surface area contributed by atoms with Crippen LogP contribution >= 0.6 is 0 Å². The lowest BCUT2D eigenvalue weighted by molar-refractivity contribution is -0.139. The maximum atomic E-state index is 11.2. The number of methoxy groups -OCH3 is 1. The molecule has 0 fully saturated rings. The lowest BCUT2D eigenvalue weighted by Gasteiger charge is -2.07. The van der Waals surface area contributed by atoms with Crippen molar-refractivity contribution in [3.05, 3.63) is 60.2 Å². The number of para-hydroxylation sites is 1. The van der Waals surface area contributed by atoms with E-state index in [-0.39, 0.29) is 12.4 Å². The van der Waals surface area contributed by atoms with E-state index in [9.17, 15) is 4.79 Å². The van der Waals surface area contributed by atoms with E-state index in [4.69, 9.17) is 4.74 Å². The van der Waals surface area contributed by atoms with Crippen LogP contribution in [-0.4, -0.2) is 13.1 Å². The topological polar surface area (TPSA) is 35.5 Å². The second-order valence-corrected chi connectivity index (χ2v) is 3.82. The van der Waals surface area contributed by atoms with E-state index in [2.05, 4.69) is 4.74 Å². The fourth-order valence-electron chi connectivity index (χ4n) is 1.58. The molecule has 0 N–H and O–H groups in total. The van der Waals surface area contributed by atoms with Crippen LogP contribution in [0.15, 0.2) is 54.6 Å². The first-order valence-electron chi connectivity index (χ1n) is 5.66. The van der Waals surface area contributed by atoms with Gasteiger partial charge in [-0.1, -0.05) is 30.3 Å². The lowest BCUT2D eigenvalue weighted by Crippen LogP contribution is -2.04. The van der Waals surface area contributed by atoms with E-state index in [1.165, 1.54) is 7.11 Å². The number of rotatable bonds is 4. The average Bonchev–Trinajstić information content (AvgIpc) is 2.40. The summed E-state index contributed by atoms with van der Waals surface area (Å²) in [5, 5.41) is 0. The second kappa shape index (κ2) is 5.87. The van der Waals surface area contributed by atoms with Crippen LogP contribution in [0, 0.1) is 0 Å². The zero-order chi connectivity index (χ0) is 12.8. The van der Waals surface area contributed by atoms with Crippen LogP contribution < -0.4 is 4.74 Å². The van der Waals surface area contributed by atoms with Gasteiger partial charge in [0.15, 0.2) is 0 Å². The van der Waals surface area contributed by atoms with Crippen molar-refractivity contribution in [1.82, 2.24) is 0 Å². The van der Waals surface area contributed by atoms with Crippen LogP contribution in [0.25, 0.3) is 0 Å². The van der Waals surface area contributed by atoms with Crippen molar-refractivity contribution in [1.29, 1.82) is 0 Å². The molecule has 0 unspecified atom stereocenters. The van der Waals surface area contributed by atoms with Crippen molar-refractivity contribution < 1.29 is 14.3 Å². The third kappa shape index (κ3) is 3.35. The monoisotopic (exact) mass is 242 g/mol. The van der Waals surface area contributed by atoms with Crippen molar-refractivity contribution in [3.8, 4) is 11.5 Å². The van der Waals surface area contributed by atoms with E-state index in [0.717, 1.165) is 11.3 Å². The second-order valence-electron chi connectivity index (χ2n) is 3.82. The van der Waals surface area contributed by atoms with Gasteiger partial charge in [0.25, 0.3) is 0 Å². The number of carbonyl (C=O) groups is 1. The highest BCUT2D eigenvalue weighted by Crippen LogP contribution is 2.21. The Labute approximate surface area is 106 Å². The van der Waals surface area contributed by atoms with E-state index in [0.29, 0.717) is 5.75 Å². The van der Waals surface area contributed by atoms with E-state index in [1.807, 2.05) is 54.6 Å². The standard InChI is InChI=1S/C15H14O3/c1-17-15(16)11-12-6-5-9-14(10-12)18-13-7-3-2-4-8-13/h2-10H,11H2,1H3. The summed E-state index contributed by atoms with van der Waals surface area (Å²) in [6.07, 6.45) is 0.252. The molecular weight excluding hydrogens is 228 g/mol. The quantitative estimate of drug-likeness (QED) is 0.772. The Bertz CT molecular complexity index is 520. The molecule has 2 aromatic carbocycles. The fourth-order valence-corrected chi connectivity index (χ4v) is 1.58. The van der Waals surface area contributed by atoms with Gasteiger partial charge in [0.05, 0.1) is 13.5 Å². The molecule has 0 bridgehead atoms. The molecule has 18 heavy (non-hydrogen) atoms. The summed E-state index contributed by atoms with van der Waals surface area (Å²) >= 11 is 0. The zero-order valence-electron chi connectivity index (χ0n) is 10.1. The Balaban J connectivity index is 2.10. The first-order chi connectivity index (χ1) is 8.78. The van der Waals surface area contributed by atoms with Gasteiger partial charge in [-0.3, -0.25) is 4.79 Å². The number of hydrogen-bond donors (Lipinski definition) is 0. The molecule has 2 aromatic rings. The number of hydrogen-bond acceptors (Lipinski definition) is 3. The summed E-state index contributed by atoms with van der Waals surface area (Å²) in [5.41, 5.74) is 0.871. The summed E-state index contributed by atoms with van der Waals surface area (Å²) in [6.45, 7) is 0. The summed E-state index contributed by atoms with van der Waals surface area (Å²) < 4.78 is 10.3. The van der Waals surface area contributed by atoms with Gasteiger partial charge in [-0.25, -0.2) is 0 Å². The molecule has 0 aromatic heterocycles. The Morgan fingerprint density at radius 3 is 2.44 bits per heavy atom. The summed E-state index contributed by atoms with van der Waals surface area (Å²) in [6, 6.07) is 16.9. The first-order valence-corrected chi connectivity index (χ1v) is 5.66. The molecule has 0 spiro atoms. The molecule has 0 aliphatic carbocycles. The van der Waals surface area contributed by atoms with E-state index in [1.54, 1.807) is 0 Å². The SMILES string of the molecule is COC(=O)Cc1cccc(Oc2ccccc2)c1. The minimum absolute atomic E-state index is 0.252. The summed E-state index contributed by atoms with van der Waals surface area (Å²) in [4.78, 5) is 11.2. The van der Waals surface area contributed by atoms with Gasteiger partial charge in [-0.2, -0.15) is 0 Å². The lowest BCUT2D eigenvalue weighted by atomic mass is 10.1. The highest BCUT2D eigenvalue weighted by molar-refractivity contribution is 5.72. The molecule has 0 saturated heterocycles. The van der Waals surface area contributed by atoms with Crippen molar-refractivity contribution in [2.75, 3.05) is 7.11 Å². The average molecular weight is 242 g/mol. The largest absolute Gasteiger partial charge is 0.469 e. The van der Waals surface area contributed by atoms with E-state index < -0.39 is 0 Å². The maximum absolute atomic E-state index is 11.2. The molecule has 0 atom stereocenters. The molecule has 3 heteroatoms. The first kappa shape index (κ1) is 12.2. The minimum Gasteiger partial charge on any atom is -0.469 e. The van der Waals surface area contributed by atoms with Crippen LogP contribution in [0.5, 0.6) is 11.5 Å².